The van der Waals surface area contributed by atoms with E-state index in [0.29, 0.717) is 5.56 Å². The molecule has 0 spiro atoms. The van der Waals surface area contributed by atoms with Crippen LogP contribution in [-0.2, 0) is 49.6 Å². The Labute approximate surface area is 393 Å². The summed E-state index contributed by atoms with van der Waals surface area (Å²) in [7, 11) is 0. The van der Waals surface area contributed by atoms with Gasteiger partial charge in [0.05, 0.1) is 18.6 Å². The van der Waals surface area contributed by atoms with Gasteiger partial charge < -0.3 is 75.5 Å². The Morgan fingerprint density at radius 3 is 1.58 bits per heavy atom. The minimum absolute atomic E-state index is 0.0117. The van der Waals surface area contributed by atoms with Gasteiger partial charge in [0.25, 0.3) is 0 Å². The van der Waals surface area contributed by atoms with Crippen LogP contribution in [-0.4, -0.2) is 147 Å². The third-order valence-electron chi connectivity index (χ3n) is 9.66. The summed E-state index contributed by atoms with van der Waals surface area (Å²) in [4.78, 5) is 122. The number of phenols is 1. The number of nitrogens with one attached hydrogen (secondary N) is 7. The van der Waals surface area contributed by atoms with E-state index < -0.39 is 114 Å². The van der Waals surface area contributed by atoms with Crippen molar-refractivity contribution in [2.75, 3.05) is 18.1 Å². The van der Waals surface area contributed by atoms with Gasteiger partial charge in [-0.2, -0.15) is 25.3 Å². The number of hydrogen-bond acceptors (Lipinski definition) is 15. The molecule has 0 saturated carbocycles. The van der Waals surface area contributed by atoms with E-state index >= 15 is 0 Å². The van der Waals surface area contributed by atoms with Crippen LogP contribution in [0.25, 0.3) is 0 Å². The molecule has 24 nitrogen and oxygen atoms in total. The van der Waals surface area contributed by atoms with E-state index in [1.165, 1.54) is 31.2 Å². The lowest BCUT2D eigenvalue weighted by atomic mass is 10.00. The predicted octanol–water partition coefficient (Wildman–Crippen LogP) is -4.39. The maximum Gasteiger partial charge on any atom is 0.326 e. The molecule has 0 unspecified atom stereocenters. The highest BCUT2D eigenvalue weighted by molar-refractivity contribution is 7.80. The van der Waals surface area contributed by atoms with E-state index in [-0.39, 0.29) is 67.3 Å². The minimum Gasteiger partial charge on any atom is -0.508 e. The number of aromatic hydroxyl groups is 1. The largest absolute Gasteiger partial charge is 0.508 e. The fourth-order valence-corrected chi connectivity index (χ4v) is 6.44. The Hall–Kier alpha value is -5.86. The SMILES string of the molecule is CC(C)C[C@H](NC(=O)[C@H](CCCN=C(N)N)NC(=O)[C@@H](NC(=O)[C@H](CS)NC(=O)[C@@H](N)C(C)C)[C@@H](C)O)C(=O)N[C@@H](Cc1ccc(O)cc1)C(=O)N[C@@H](CS)C(=O)N[C@@H](CC(N)=O)C(=O)O. The quantitative estimate of drug-likeness (QED) is 0.0156. The molecular formula is C40H66N12O12S2. The molecular weight excluding hydrogens is 905 g/mol. The molecule has 26 heteroatoms. The monoisotopic (exact) mass is 970 g/mol. The molecule has 0 aromatic heterocycles. The number of carboxylic acids is 1. The van der Waals surface area contributed by atoms with Gasteiger partial charge in [-0.3, -0.25) is 43.3 Å². The van der Waals surface area contributed by atoms with Gasteiger partial charge in [0.2, 0.25) is 47.3 Å². The molecule has 0 saturated heterocycles. The van der Waals surface area contributed by atoms with Crippen LogP contribution >= 0.6 is 25.3 Å². The number of rotatable bonds is 29. The number of amides is 8. The Morgan fingerprint density at radius 1 is 0.636 bits per heavy atom. The highest BCUT2D eigenvalue weighted by Crippen LogP contribution is 2.14. The van der Waals surface area contributed by atoms with E-state index in [9.17, 15) is 58.5 Å². The maximum atomic E-state index is 14.1. The molecule has 370 valence electrons. The molecule has 0 heterocycles. The summed E-state index contributed by atoms with van der Waals surface area (Å²) in [5, 5.41) is 47.0. The van der Waals surface area contributed by atoms with Crippen LogP contribution in [0, 0.1) is 11.8 Å². The number of carbonyl (C=O) groups is 9. The van der Waals surface area contributed by atoms with Crippen LogP contribution in [0.1, 0.15) is 65.9 Å². The van der Waals surface area contributed by atoms with Crippen LogP contribution < -0.4 is 60.2 Å². The number of thiol groups is 2. The molecule has 0 aliphatic rings. The third-order valence-corrected chi connectivity index (χ3v) is 10.4. The number of aliphatic imine (C=N–C) groups is 1. The van der Waals surface area contributed by atoms with Crippen molar-refractivity contribution in [2.24, 2.45) is 39.8 Å². The lowest BCUT2D eigenvalue weighted by Crippen LogP contribution is -2.62. The summed E-state index contributed by atoms with van der Waals surface area (Å²) in [6.45, 7) is 8.11. The molecule has 66 heavy (non-hydrogen) atoms. The van der Waals surface area contributed by atoms with Gasteiger partial charge in [0, 0.05) is 24.5 Å². The van der Waals surface area contributed by atoms with Crippen molar-refractivity contribution in [3.8, 4) is 5.75 Å². The first-order valence-electron chi connectivity index (χ1n) is 20.9. The van der Waals surface area contributed by atoms with Gasteiger partial charge in [-0.1, -0.05) is 39.8 Å². The van der Waals surface area contributed by atoms with Crippen molar-refractivity contribution in [3.05, 3.63) is 29.8 Å². The number of phenolic OH excluding ortho intramolecular Hbond substituents is 1. The van der Waals surface area contributed by atoms with Gasteiger partial charge in [-0.05, 0) is 55.7 Å². The Bertz CT molecular complexity index is 1870. The number of aliphatic carboxylic acids is 1. The molecule has 1 aromatic carbocycles. The molecule has 0 aliphatic heterocycles. The zero-order valence-electron chi connectivity index (χ0n) is 37.5. The summed E-state index contributed by atoms with van der Waals surface area (Å²) in [6.07, 6.45) is -2.54. The predicted molar refractivity (Wildman–Crippen MR) is 248 cm³/mol. The number of carbonyl (C=O) groups excluding carboxylic acids is 8. The summed E-state index contributed by atoms with van der Waals surface area (Å²) in [5.41, 5.74) is 22.3. The molecule has 9 atom stereocenters. The molecule has 8 amide bonds. The Kier molecular flexibility index (Phi) is 25.5. The van der Waals surface area contributed by atoms with Gasteiger partial charge in [0.1, 0.15) is 48.0 Å². The average Bonchev–Trinajstić information content (AvgIpc) is 3.23. The second kappa shape index (κ2) is 28.9. The fourth-order valence-electron chi connectivity index (χ4n) is 5.92. The first kappa shape index (κ1) is 58.2. The number of carboxylic acid groups (broad SMARTS) is 1. The van der Waals surface area contributed by atoms with Crippen molar-refractivity contribution in [1.82, 2.24) is 37.2 Å². The number of hydrogen-bond donors (Lipinski definition) is 16. The highest BCUT2D eigenvalue weighted by Gasteiger charge is 2.36. The minimum atomic E-state index is -1.72. The number of nitrogens with two attached hydrogens (primary N) is 4. The number of primary amides is 1. The van der Waals surface area contributed by atoms with E-state index in [1.54, 1.807) is 27.7 Å². The molecule has 0 fully saturated rings. The van der Waals surface area contributed by atoms with Gasteiger partial charge in [-0.25, -0.2) is 4.79 Å². The second-order valence-electron chi connectivity index (χ2n) is 16.2. The van der Waals surface area contributed by atoms with Crippen LogP contribution in [0.5, 0.6) is 5.75 Å². The fraction of sp³-hybridized carbons (Fsp3) is 0.600. The Balaban J connectivity index is 3.50. The molecule has 1 aromatic rings. The Morgan fingerprint density at radius 2 is 1.09 bits per heavy atom. The summed E-state index contributed by atoms with van der Waals surface area (Å²) in [5.74, 6) is -10.4. The second-order valence-corrected chi connectivity index (χ2v) is 16.9. The van der Waals surface area contributed by atoms with Crippen molar-refractivity contribution < 1.29 is 58.5 Å². The first-order valence-corrected chi connectivity index (χ1v) is 22.2. The molecule has 0 bridgehead atoms. The van der Waals surface area contributed by atoms with Crippen LogP contribution in [0.3, 0.4) is 0 Å². The van der Waals surface area contributed by atoms with E-state index in [0.717, 1.165) is 0 Å². The third kappa shape index (κ3) is 21.0. The standard InChI is InChI=1S/C40H66N12O12S2/c1-18(2)13-24(33(57)48-25(14-21-8-10-22(54)11-9-21)34(58)50-27(16-65)35(59)49-26(39(63)64)15-29(41)55)47-32(56)23(7-6-12-45-40(43)44)46-38(62)31(20(5)53)52-36(60)28(17-66)51-37(61)30(42)19(3)4/h8-11,18-20,23-28,30-31,53-54,65-66H,6-7,12-17,42H2,1-5H3,(H2,41,55)(H,46,62)(H,47,56)(H,48,57)(H,49,59)(H,50,58)(H,51,61)(H,52,60)(H,63,64)(H4,43,44,45)/t20-,23+,24+,25+,26+,27+,28+,30+,31+/m1/s1. The van der Waals surface area contributed by atoms with Crippen molar-refractivity contribution in [2.45, 2.75) is 121 Å². The van der Waals surface area contributed by atoms with Crippen LogP contribution in [0.2, 0.25) is 0 Å². The van der Waals surface area contributed by atoms with Crippen molar-refractivity contribution in [3.63, 3.8) is 0 Å². The number of aliphatic hydroxyl groups excluding tert-OH is 1. The van der Waals surface area contributed by atoms with Gasteiger partial charge >= 0.3 is 5.97 Å². The number of benzene rings is 1. The molecule has 0 radical (unpaired) electrons. The lowest BCUT2D eigenvalue weighted by Gasteiger charge is -2.29. The zero-order chi connectivity index (χ0) is 50.4. The summed E-state index contributed by atoms with van der Waals surface area (Å²) < 4.78 is 0. The zero-order valence-corrected chi connectivity index (χ0v) is 39.3. The summed E-state index contributed by atoms with van der Waals surface area (Å²) in [6, 6.07) is -5.79. The van der Waals surface area contributed by atoms with Crippen LogP contribution in [0.15, 0.2) is 29.3 Å². The van der Waals surface area contributed by atoms with Gasteiger partial charge in [-0.15, -0.1) is 0 Å². The topological polar surface area (TPSA) is 415 Å². The number of guanidine groups is 1. The average molecular weight is 971 g/mol. The maximum absolute atomic E-state index is 14.1. The van der Waals surface area contributed by atoms with Crippen molar-refractivity contribution in [1.29, 1.82) is 0 Å². The normalized spacial score (nSPS) is 15.2. The van der Waals surface area contributed by atoms with E-state index in [2.05, 4.69) is 67.5 Å². The molecule has 0 aliphatic carbocycles. The number of nitrogens with zero attached hydrogens (tertiary/aromatic N) is 1. The van der Waals surface area contributed by atoms with E-state index in [4.69, 9.17) is 22.9 Å². The number of aliphatic hydroxyl groups is 1. The highest BCUT2D eigenvalue weighted by atomic mass is 32.1. The van der Waals surface area contributed by atoms with Gasteiger partial charge in [0.15, 0.2) is 5.96 Å². The smallest absolute Gasteiger partial charge is 0.326 e. The molecule has 1 rings (SSSR count). The van der Waals surface area contributed by atoms with Crippen molar-refractivity contribution >= 4 is 84.4 Å². The molecule has 18 N–H and O–H groups in total. The first-order chi connectivity index (χ1) is 30.8. The summed E-state index contributed by atoms with van der Waals surface area (Å²) >= 11 is 8.24. The lowest BCUT2D eigenvalue weighted by molar-refractivity contribution is -0.143. The van der Waals surface area contributed by atoms with Crippen LogP contribution in [0.4, 0.5) is 0 Å². The van der Waals surface area contributed by atoms with E-state index in [1.807, 2.05) is 0 Å².